The van der Waals surface area contributed by atoms with Crippen LogP contribution in [0.3, 0.4) is 0 Å². The Kier molecular flexibility index (Phi) is 9.36. The van der Waals surface area contributed by atoms with E-state index in [2.05, 4.69) is 23.6 Å². The van der Waals surface area contributed by atoms with Gasteiger partial charge in [0.1, 0.15) is 23.4 Å². The number of ether oxygens (including phenoxy) is 3. The first-order valence-corrected chi connectivity index (χ1v) is 13.7. The minimum Gasteiger partial charge on any atom is -0.494 e. The van der Waals surface area contributed by atoms with Crippen molar-refractivity contribution in [1.29, 1.82) is 0 Å². The molecule has 2 heterocycles. The fourth-order valence-electron chi connectivity index (χ4n) is 5.90. The highest BCUT2D eigenvalue weighted by molar-refractivity contribution is 5.69. The van der Waals surface area contributed by atoms with Crippen LogP contribution in [0.5, 0.6) is 11.5 Å². The second kappa shape index (κ2) is 12.7. The van der Waals surface area contributed by atoms with Crippen molar-refractivity contribution in [2.24, 2.45) is 11.8 Å². The Labute approximate surface area is 225 Å². The average molecular weight is 529 g/mol. The average Bonchev–Trinajstić information content (AvgIpc) is 3.22. The van der Waals surface area contributed by atoms with E-state index >= 15 is 0 Å². The minimum atomic E-state index is -0.790. The summed E-state index contributed by atoms with van der Waals surface area (Å²) in [7, 11) is 1.71. The third-order valence-corrected chi connectivity index (χ3v) is 7.66. The summed E-state index contributed by atoms with van der Waals surface area (Å²) in [5.41, 5.74) is 1.56. The number of halogens is 1. The van der Waals surface area contributed by atoms with Crippen LogP contribution < -0.4 is 19.3 Å². The van der Waals surface area contributed by atoms with Crippen LogP contribution in [-0.2, 0) is 9.53 Å². The van der Waals surface area contributed by atoms with Crippen molar-refractivity contribution < 1.29 is 28.5 Å². The van der Waals surface area contributed by atoms with E-state index in [-0.39, 0.29) is 36.4 Å². The maximum Gasteiger partial charge on any atom is 0.305 e. The van der Waals surface area contributed by atoms with E-state index in [1.165, 1.54) is 6.07 Å². The van der Waals surface area contributed by atoms with Crippen LogP contribution in [0, 0.1) is 17.7 Å². The molecule has 2 fully saturated rings. The SMILES string of the molecule is CCOc1ccc(F)c(N2CCC(Oc3ccc(N4C[C@H](OC)[C@@H](CC(C)C)[C@@H]4CC(=O)O)cc3)CC2)c1. The molecule has 2 aliphatic heterocycles. The zero-order chi connectivity index (χ0) is 27.2. The smallest absolute Gasteiger partial charge is 0.305 e. The van der Waals surface area contributed by atoms with Crippen molar-refractivity contribution >= 4 is 17.3 Å². The largest absolute Gasteiger partial charge is 0.494 e. The van der Waals surface area contributed by atoms with Crippen LogP contribution in [0.1, 0.15) is 46.5 Å². The molecule has 2 aliphatic rings. The van der Waals surface area contributed by atoms with Gasteiger partial charge < -0.3 is 29.1 Å². The summed E-state index contributed by atoms with van der Waals surface area (Å²) >= 11 is 0. The van der Waals surface area contributed by atoms with Crippen molar-refractivity contribution in [3.8, 4) is 11.5 Å². The molecule has 0 saturated carbocycles. The quantitative estimate of drug-likeness (QED) is 0.406. The number of rotatable bonds is 11. The van der Waals surface area contributed by atoms with Gasteiger partial charge in [-0.25, -0.2) is 4.39 Å². The Morgan fingerprint density at radius 1 is 1.11 bits per heavy atom. The lowest BCUT2D eigenvalue weighted by Gasteiger charge is -2.34. The number of anilines is 2. The lowest BCUT2D eigenvalue weighted by atomic mass is 9.87. The molecule has 3 atom stereocenters. The molecule has 0 bridgehead atoms. The minimum absolute atomic E-state index is 0.00178. The zero-order valence-electron chi connectivity index (χ0n) is 22.9. The lowest BCUT2D eigenvalue weighted by molar-refractivity contribution is -0.137. The van der Waals surface area contributed by atoms with Crippen LogP contribution in [0.15, 0.2) is 42.5 Å². The first-order chi connectivity index (χ1) is 18.3. The number of carboxylic acids is 1. The third-order valence-electron chi connectivity index (χ3n) is 7.66. The van der Waals surface area contributed by atoms with Crippen molar-refractivity contribution in [3.63, 3.8) is 0 Å². The molecule has 208 valence electrons. The second-order valence-corrected chi connectivity index (χ2v) is 10.7. The number of nitrogens with zero attached hydrogens (tertiary/aromatic N) is 2. The van der Waals surface area contributed by atoms with E-state index < -0.39 is 5.97 Å². The van der Waals surface area contributed by atoms with E-state index in [0.717, 1.165) is 30.7 Å². The van der Waals surface area contributed by atoms with Crippen molar-refractivity contribution in [1.82, 2.24) is 0 Å². The highest BCUT2D eigenvalue weighted by Gasteiger charge is 2.43. The summed E-state index contributed by atoms with van der Waals surface area (Å²) in [5, 5.41) is 9.60. The van der Waals surface area contributed by atoms with Gasteiger partial charge in [0.2, 0.25) is 0 Å². The molecular formula is C30H41FN2O5. The van der Waals surface area contributed by atoms with Crippen LogP contribution >= 0.6 is 0 Å². The van der Waals surface area contributed by atoms with Crippen LogP contribution in [0.25, 0.3) is 0 Å². The maximum atomic E-state index is 14.5. The van der Waals surface area contributed by atoms with Gasteiger partial charge in [-0.05, 0) is 55.7 Å². The summed E-state index contributed by atoms with van der Waals surface area (Å²) in [5.74, 6) is 1.06. The molecule has 4 rings (SSSR count). The number of benzene rings is 2. The number of piperidine rings is 1. The summed E-state index contributed by atoms with van der Waals surface area (Å²) in [4.78, 5) is 15.9. The third kappa shape index (κ3) is 6.70. The van der Waals surface area contributed by atoms with E-state index in [4.69, 9.17) is 14.2 Å². The first kappa shape index (κ1) is 28.0. The summed E-state index contributed by atoms with van der Waals surface area (Å²) in [6, 6.07) is 12.7. The molecule has 2 aromatic rings. The Morgan fingerprint density at radius 2 is 1.79 bits per heavy atom. The number of hydrogen-bond donors (Lipinski definition) is 1. The Bertz CT molecular complexity index is 1060. The van der Waals surface area contributed by atoms with Gasteiger partial charge >= 0.3 is 5.97 Å². The van der Waals surface area contributed by atoms with Crippen molar-refractivity contribution in [2.45, 2.75) is 64.7 Å². The van der Waals surface area contributed by atoms with Gasteiger partial charge in [0.15, 0.2) is 0 Å². The molecule has 2 saturated heterocycles. The normalized spacial score (nSPS) is 22.2. The van der Waals surface area contributed by atoms with Crippen LogP contribution in [0.4, 0.5) is 15.8 Å². The fourth-order valence-corrected chi connectivity index (χ4v) is 5.90. The molecule has 0 spiro atoms. The van der Waals surface area contributed by atoms with Crippen molar-refractivity contribution in [3.05, 3.63) is 48.3 Å². The number of carboxylic acid groups (broad SMARTS) is 1. The van der Waals surface area contributed by atoms with Gasteiger partial charge in [-0.2, -0.15) is 0 Å². The summed E-state index contributed by atoms with van der Waals surface area (Å²) in [6.45, 7) is 8.87. The van der Waals surface area contributed by atoms with Crippen LogP contribution in [0.2, 0.25) is 0 Å². The molecular weight excluding hydrogens is 487 g/mol. The Balaban J connectivity index is 1.38. The summed E-state index contributed by atoms with van der Waals surface area (Å²) < 4.78 is 32.1. The maximum absolute atomic E-state index is 14.5. The number of methoxy groups -OCH3 is 1. The predicted molar refractivity (Wildman–Crippen MR) is 147 cm³/mol. The number of hydrogen-bond acceptors (Lipinski definition) is 6. The van der Waals surface area contributed by atoms with Gasteiger partial charge in [0.25, 0.3) is 0 Å². The molecule has 0 aromatic heterocycles. The Morgan fingerprint density at radius 3 is 2.39 bits per heavy atom. The molecule has 0 aliphatic carbocycles. The molecule has 0 unspecified atom stereocenters. The van der Waals surface area contributed by atoms with E-state index in [9.17, 15) is 14.3 Å². The zero-order valence-corrected chi connectivity index (χ0v) is 22.9. The molecule has 0 amide bonds. The van der Waals surface area contributed by atoms with Gasteiger partial charge in [-0.1, -0.05) is 13.8 Å². The molecule has 38 heavy (non-hydrogen) atoms. The highest BCUT2D eigenvalue weighted by Crippen LogP contribution is 2.38. The van der Waals surface area contributed by atoms with E-state index in [1.54, 1.807) is 19.2 Å². The Hall–Kier alpha value is -3.00. The first-order valence-electron chi connectivity index (χ1n) is 13.7. The molecule has 2 aromatic carbocycles. The van der Waals surface area contributed by atoms with Gasteiger partial charge in [0, 0.05) is 63.3 Å². The second-order valence-electron chi connectivity index (χ2n) is 10.7. The van der Waals surface area contributed by atoms with Gasteiger partial charge in [-0.3, -0.25) is 4.79 Å². The fraction of sp³-hybridized carbons (Fsp3) is 0.567. The monoisotopic (exact) mass is 528 g/mol. The summed E-state index contributed by atoms with van der Waals surface area (Å²) in [6.07, 6.45) is 2.64. The van der Waals surface area contributed by atoms with Gasteiger partial charge in [0.05, 0.1) is 24.8 Å². The topological polar surface area (TPSA) is 71.5 Å². The van der Waals surface area contributed by atoms with Crippen molar-refractivity contribution in [2.75, 3.05) is 43.2 Å². The molecule has 1 N–H and O–H groups in total. The van der Waals surface area contributed by atoms with Gasteiger partial charge in [-0.15, -0.1) is 0 Å². The van der Waals surface area contributed by atoms with E-state index in [0.29, 0.717) is 43.6 Å². The molecule has 7 nitrogen and oxygen atoms in total. The molecule has 0 radical (unpaired) electrons. The lowest BCUT2D eigenvalue weighted by Crippen LogP contribution is -2.38. The van der Waals surface area contributed by atoms with Crippen LogP contribution in [-0.4, -0.2) is 62.7 Å². The van der Waals surface area contributed by atoms with E-state index in [1.807, 2.05) is 31.2 Å². The standard InChI is InChI=1S/C30H41FN2O5/c1-5-37-24-10-11-26(31)28(17-24)32-14-12-23(13-15-32)38-22-8-6-21(7-9-22)33-19-29(36-4)25(16-20(2)3)27(33)18-30(34)35/h6-11,17,20,23,25,27,29H,5,12-16,18-19H2,1-4H3,(H,34,35)/t25-,27-,29-/m0/s1. The molecule has 8 heteroatoms. The number of carbonyl (C=O) groups is 1. The predicted octanol–water partition coefficient (Wildman–Crippen LogP) is 5.61. The highest BCUT2D eigenvalue weighted by atomic mass is 19.1. The number of aliphatic carboxylic acids is 1.